The van der Waals surface area contributed by atoms with Crippen molar-refractivity contribution in [3.63, 3.8) is 0 Å². The summed E-state index contributed by atoms with van der Waals surface area (Å²) < 4.78 is 26.7. The first kappa shape index (κ1) is 19.2. The predicted molar refractivity (Wildman–Crippen MR) is 110 cm³/mol. The van der Waals surface area contributed by atoms with Crippen LogP contribution < -0.4 is 11.1 Å². The van der Waals surface area contributed by atoms with Gasteiger partial charge in [0.2, 0.25) is 9.84 Å². The molecule has 140 valence electrons. The van der Waals surface area contributed by atoms with E-state index >= 15 is 0 Å². The third kappa shape index (κ3) is 3.25. The van der Waals surface area contributed by atoms with E-state index in [0.717, 1.165) is 11.1 Å². The van der Waals surface area contributed by atoms with Gasteiger partial charge in [-0.1, -0.05) is 42.5 Å². The van der Waals surface area contributed by atoms with Gasteiger partial charge < -0.3 is 11.1 Å². The van der Waals surface area contributed by atoms with Crippen LogP contribution in [0.5, 0.6) is 0 Å². The number of benzene rings is 3. The lowest BCUT2D eigenvalue weighted by Gasteiger charge is -2.08. The number of nitrogens with zero attached hydrogens (tertiary/aromatic N) is 1. The van der Waals surface area contributed by atoms with Crippen LogP contribution in [0.25, 0.3) is 21.7 Å². The number of aromatic amines is 1. The molecule has 27 heavy (non-hydrogen) atoms. The summed E-state index contributed by atoms with van der Waals surface area (Å²) in [6.45, 7) is 1.05. The zero-order valence-corrected chi connectivity index (χ0v) is 16.0. The van der Waals surface area contributed by atoms with Gasteiger partial charge in [-0.25, -0.2) is 8.42 Å². The summed E-state index contributed by atoms with van der Waals surface area (Å²) in [7, 11) is -3.76. The minimum Gasteiger partial charge on any atom is -0.382 e. The van der Waals surface area contributed by atoms with Gasteiger partial charge in [-0.15, -0.1) is 12.4 Å². The van der Waals surface area contributed by atoms with Crippen molar-refractivity contribution in [2.24, 2.45) is 5.73 Å². The van der Waals surface area contributed by atoms with Gasteiger partial charge in [0.1, 0.15) is 5.52 Å². The largest absolute Gasteiger partial charge is 0.382 e. The molecule has 0 radical (unpaired) electrons. The summed E-state index contributed by atoms with van der Waals surface area (Å²) in [5, 5.41) is 12.4. The first-order valence-corrected chi connectivity index (χ1v) is 9.75. The zero-order chi connectivity index (χ0) is 18.1. The lowest BCUT2D eigenvalue weighted by Crippen LogP contribution is -2.13. The smallest absolute Gasteiger partial charge is 0.224 e. The summed E-state index contributed by atoms with van der Waals surface area (Å²) in [5.74, 6) is 0. The molecule has 0 bridgehead atoms. The average molecular weight is 403 g/mol. The molecule has 0 amide bonds. The van der Waals surface area contributed by atoms with E-state index in [2.05, 4.69) is 15.5 Å². The van der Waals surface area contributed by atoms with Crippen molar-refractivity contribution < 1.29 is 8.42 Å². The normalized spacial score (nSPS) is 11.4. The molecule has 0 aliphatic carbocycles. The number of rotatable bonds is 5. The molecule has 0 aliphatic rings. The van der Waals surface area contributed by atoms with Crippen LogP contribution >= 0.6 is 12.4 Å². The van der Waals surface area contributed by atoms with Crippen LogP contribution in [-0.2, 0) is 9.84 Å². The fourth-order valence-electron chi connectivity index (χ4n) is 3.11. The van der Waals surface area contributed by atoms with E-state index in [9.17, 15) is 8.42 Å². The van der Waals surface area contributed by atoms with Gasteiger partial charge in [-0.2, -0.15) is 5.10 Å². The number of nitrogens with two attached hydrogens (primary N) is 1. The second-order valence-corrected chi connectivity index (χ2v) is 7.81. The molecule has 4 N–H and O–H groups in total. The van der Waals surface area contributed by atoms with Crippen molar-refractivity contribution >= 4 is 49.6 Å². The zero-order valence-electron chi connectivity index (χ0n) is 14.3. The second kappa shape index (κ2) is 7.56. The summed E-state index contributed by atoms with van der Waals surface area (Å²) in [5.41, 5.74) is 6.87. The van der Waals surface area contributed by atoms with E-state index in [4.69, 9.17) is 5.73 Å². The Morgan fingerprint density at radius 1 is 0.963 bits per heavy atom. The lowest BCUT2D eigenvalue weighted by molar-refractivity contribution is 0.593. The molecular formula is C19H19ClN4O2S. The molecule has 6 nitrogen and oxygen atoms in total. The molecule has 0 atom stereocenters. The molecule has 1 heterocycles. The Kier molecular flexibility index (Phi) is 5.36. The van der Waals surface area contributed by atoms with Gasteiger partial charge in [-0.05, 0) is 23.6 Å². The van der Waals surface area contributed by atoms with Crippen molar-refractivity contribution in [3.8, 4) is 0 Å². The molecule has 0 saturated heterocycles. The number of para-hydroxylation sites is 1. The van der Waals surface area contributed by atoms with Crippen LogP contribution in [-0.4, -0.2) is 31.7 Å². The van der Waals surface area contributed by atoms with E-state index in [0.29, 0.717) is 29.4 Å². The van der Waals surface area contributed by atoms with E-state index in [1.165, 1.54) is 0 Å². The Morgan fingerprint density at radius 2 is 1.67 bits per heavy atom. The number of hydrogen-bond donors (Lipinski definition) is 3. The van der Waals surface area contributed by atoms with Gasteiger partial charge in [0, 0.05) is 23.9 Å². The Labute approximate surface area is 163 Å². The van der Waals surface area contributed by atoms with Gasteiger partial charge in [-0.3, -0.25) is 5.10 Å². The number of halogens is 1. The van der Waals surface area contributed by atoms with Crippen LogP contribution in [0.2, 0.25) is 0 Å². The highest BCUT2D eigenvalue weighted by Gasteiger charge is 2.25. The van der Waals surface area contributed by atoms with E-state index in [1.54, 1.807) is 24.3 Å². The van der Waals surface area contributed by atoms with Crippen molar-refractivity contribution in [1.82, 2.24) is 10.2 Å². The quantitative estimate of drug-likeness (QED) is 0.475. The van der Waals surface area contributed by atoms with Crippen LogP contribution in [0.4, 0.5) is 5.69 Å². The monoisotopic (exact) mass is 402 g/mol. The molecule has 0 unspecified atom stereocenters. The lowest BCUT2D eigenvalue weighted by atomic mass is 10.1. The van der Waals surface area contributed by atoms with Gasteiger partial charge in [0.05, 0.1) is 10.6 Å². The summed E-state index contributed by atoms with van der Waals surface area (Å²) in [6.07, 6.45) is 0. The second-order valence-electron chi connectivity index (χ2n) is 5.95. The van der Waals surface area contributed by atoms with E-state index in [-0.39, 0.29) is 22.3 Å². The highest BCUT2D eigenvalue weighted by atomic mass is 35.5. The summed E-state index contributed by atoms with van der Waals surface area (Å²) in [6, 6.07) is 18.1. The SMILES string of the molecule is Cl.NCCNc1cccc2c(S(=O)(=O)c3cccc4ccccc34)[nH]nc12. The van der Waals surface area contributed by atoms with Gasteiger partial charge in [0.25, 0.3) is 0 Å². The third-order valence-corrected chi connectivity index (χ3v) is 6.10. The van der Waals surface area contributed by atoms with E-state index in [1.807, 2.05) is 36.4 Å². The van der Waals surface area contributed by atoms with Crippen molar-refractivity contribution in [1.29, 1.82) is 0 Å². The Morgan fingerprint density at radius 3 is 2.48 bits per heavy atom. The van der Waals surface area contributed by atoms with Crippen molar-refractivity contribution in [2.75, 3.05) is 18.4 Å². The maximum absolute atomic E-state index is 13.3. The molecule has 0 spiro atoms. The number of sulfone groups is 1. The van der Waals surface area contributed by atoms with Crippen LogP contribution in [0.1, 0.15) is 0 Å². The molecule has 0 fully saturated rings. The maximum atomic E-state index is 13.3. The molecule has 4 aromatic rings. The number of aromatic nitrogens is 2. The molecular weight excluding hydrogens is 384 g/mol. The molecule has 0 aliphatic heterocycles. The van der Waals surface area contributed by atoms with Gasteiger partial charge in [0.15, 0.2) is 5.03 Å². The Bertz CT molecular complexity index is 1200. The third-order valence-electron chi connectivity index (χ3n) is 4.32. The number of hydrogen-bond acceptors (Lipinski definition) is 5. The van der Waals surface area contributed by atoms with Crippen LogP contribution in [0.3, 0.4) is 0 Å². The maximum Gasteiger partial charge on any atom is 0.224 e. The Hall–Kier alpha value is -2.61. The predicted octanol–water partition coefficient (Wildman–Crippen LogP) is 3.34. The van der Waals surface area contributed by atoms with Crippen molar-refractivity contribution in [3.05, 3.63) is 60.7 Å². The first-order valence-electron chi connectivity index (χ1n) is 8.27. The number of nitrogens with one attached hydrogen (secondary N) is 2. The number of H-pyrrole nitrogens is 1. The minimum absolute atomic E-state index is 0. The first-order chi connectivity index (χ1) is 12.6. The topological polar surface area (TPSA) is 101 Å². The number of anilines is 1. The van der Waals surface area contributed by atoms with E-state index < -0.39 is 9.84 Å². The summed E-state index contributed by atoms with van der Waals surface area (Å²) >= 11 is 0. The molecule has 4 rings (SSSR count). The minimum atomic E-state index is -3.76. The Balaban J connectivity index is 0.00000210. The fourth-order valence-corrected chi connectivity index (χ4v) is 4.68. The van der Waals surface area contributed by atoms with Crippen LogP contribution in [0, 0.1) is 0 Å². The van der Waals surface area contributed by atoms with Crippen molar-refractivity contribution in [2.45, 2.75) is 9.92 Å². The highest BCUT2D eigenvalue weighted by Crippen LogP contribution is 2.32. The average Bonchev–Trinajstić information content (AvgIpc) is 3.11. The highest BCUT2D eigenvalue weighted by molar-refractivity contribution is 7.91. The standard InChI is InChI=1S/C19H18N4O2S.ClH/c20-11-12-21-16-9-4-8-15-18(16)22-23-19(15)26(24,25)17-10-3-6-13-5-1-2-7-14(13)17;/h1-10,21H,11-12,20H2,(H,22,23);1H. The molecule has 0 saturated carbocycles. The van der Waals surface area contributed by atoms with Crippen LogP contribution in [0.15, 0.2) is 70.6 Å². The molecule has 8 heteroatoms. The fraction of sp³-hybridized carbons (Fsp3) is 0.105. The molecule has 1 aromatic heterocycles. The number of fused-ring (bicyclic) bond motifs is 2. The van der Waals surface area contributed by atoms with Gasteiger partial charge >= 0.3 is 0 Å². The summed E-state index contributed by atoms with van der Waals surface area (Å²) in [4.78, 5) is 0.265. The molecule has 3 aromatic carbocycles.